The summed E-state index contributed by atoms with van der Waals surface area (Å²) in [5, 5.41) is 3.76. The van der Waals surface area contributed by atoms with E-state index in [1.807, 2.05) is 11.8 Å². The second-order valence-corrected chi connectivity index (χ2v) is 7.24. The molecule has 2 aromatic rings. The van der Waals surface area contributed by atoms with Gasteiger partial charge in [-0.15, -0.1) is 23.5 Å². The Bertz CT molecular complexity index is 585. The molecule has 1 saturated heterocycles. The zero-order chi connectivity index (χ0) is 15.2. The van der Waals surface area contributed by atoms with Crippen LogP contribution >= 0.6 is 23.5 Å². The van der Waals surface area contributed by atoms with Crippen LogP contribution in [0.4, 0.5) is 0 Å². The summed E-state index contributed by atoms with van der Waals surface area (Å²) in [6, 6.07) is 19.3. The maximum Gasteiger partial charge on any atom is 0.0862 e. The maximum absolute atomic E-state index is 6.05. The number of ether oxygens (including phenoxy) is 1. The first-order valence-electron chi connectivity index (χ1n) is 7.55. The van der Waals surface area contributed by atoms with Gasteiger partial charge in [0.25, 0.3) is 0 Å². The van der Waals surface area contributed by atoms with Gasteiger partial charge in [0.15, 0.2) is 0 Å². The fourth-order valence-electron chi connectivity index (χ4n) is 2.63. The van der Waals surface area contributed by atoms with Crippen molar-refractivity contribution < 1.29 is 4.74 Å². The lowest BCUT2D eigenvalue weighted by Gasteiger charge is -2.31. The molecule has 3 rings (SSSR count). The minimum Gasteiger partial charge on any atom is -0.374 e. The fourth-order valence-corrected chi connectivity index (χ4v) is 4.75. The highest BCUT2D eigenvalue weighted by molar-refractivity contribution is 8.02. The van der Waals surface area contributed by atoms with Crippen LogP contribution in [0.3, 0.4) is 0 Å². The largest absolute Gasteiger partial charge is 0.374 e. The van der Waals surface area contributed by atoms with Gasteiger partial charge in [-0.25, -0.2) is 0 Å². The number of hydrogen-bond donors (Lipinski definition) is 1. The summed E-state index contributed by atoms with van der Waals surface area (Å²) < 4.78 is 6.05. The van der Waals surface area contributed by atoms with E-state index >= 15 is 0 Å². The van der Waals surface area contributed by atoms with Gasteiger partial charge in [0, 0.05) is 22.9 Å². The summed E-state index contributed by atoms with van der Waals surface area (Å²) in [5.74, 6) is 0. The van der Waals surface area contributed by atoms with Crippen molar-refractivity contribution in [3.63, 3.8) is 0 Å². The molecule has 0 aromatic heterocycles. The average molecular weight is 332 g/mol. The van der Waals surface area contributed by atoms with E-state index < -0.39 is 0 Å². The van der Waals surface area contributed by atoms with Crippen molar-refractivity contribution in [1.29, 1.82) is 0 Å². The summed E-state index contributed by atoms with van der Waals surface area (Å²) >= 11 is 3.72. The van der Waals surface area contributed by atoms with Crippen LogP contribution in [-0.4, -0.2) is 32.1 Å². The molecule has 2 atom stereocenters. The van der Waals surface area contributed by atoms with E-state index in [1.54, 1.807) is 11.8 Å². The molecule has 0 saturated carbocycles. The third kappa shape index (κ3) is 3.87. The zero-order valence-corrected chi connectivity index (χ0v) is 14.3. The summed E-state index contributed by atoms with van der Waals surface area (Å²) in [5.41, 5.74) is 1.33. The molecular formula is C18H21NOS2. The number of hydrogen-bond acceptors (Lipinski definition) is 4. The number of nitrogens with one attached hydrogen (secondary N) is 1. The topological polar surface area (TPSA) is 21.3 Å². The summed E-state index contributed by atoms with van der Waals surface area (Å²) in [6.45, 7) is 2.65. The van der Waals surface area contributed by atoms with Crippen LogP contribution in [0.25, 0.3) is 0 Å². The maximum atomic E-state index is 6.05. The van der Waals surface area contributed by atoms with E-state index in [2.05, 4.69) is 66.2 Å². The van der Waals surface area contributed by atoms with Crippen LogP contribution in [0.15, 0.2) is 64.4 Å². The Kier molecular flexibility index (Phi) is 5.84. The van der Waals surface area contributed by atoms with Gasteiger partial charge in [0.1, 0.15) is 0 Å². The average Bonchev–Trinajstić information content (AvgIpc) is 2.61. The first-order chi connectivity index (χ1) is 10.9. The quantitative estimate of drug-likeness (QED) is 0.827. The Morgan fingerprint density at radius 1 is 1.05 bits per heavy atom. The third-order valence-electron chi connectivity index (χ3n) is 3.75. The van der Waals surface area contributed by atoms with Crippen LogP contribution < -0.4 is 5.32 Å². The lowest BCUT2D eigenvalue weighted by atomic mass is 10.1. The molecule has 1 N–H and O–H groups in total. The predicted molar refractivity (Wildman–Crippen MR) is 95.9 cm³/mol. The van der Waals surface area contributed by atoms with Crippen LogP contribution in [0, 0.1) is 0 Å². The minimum atomic E-state index is 0.205. The van der Waals surface area contributed by atoms with Gasteiger partial charge in [-0.2, -0.15) is 0 Å². The molecule has 4 heteroatoms. The van der Waals surface area contributed by atoms with Gasteiger partial charge >= 0.3 is 0 Å². The lowest BCUT2D eigenvalue weighted by Crippen LogP contribution is -2.41. The summed E-state index contributed by atoms with van der Waals surface area (Å²) in [6.07, 6.45) is 2.34. The molecule has 0 spiro atoms. The molecule has 1 fully saturated rings. The molecule has 1 unspecified atom stereocenters. The van der Waals surface area contributed by atoms with Crippen LogP contribution in [-0.2, 0) is 4.74 Å². The Morgan fingerprint density at radius 2 is 1.77 bits per heavy atom. The van der Waals surface area contributed by atoms with Gasteiger partial charge in [-0.05, 0) is 24.0 Å². The monoisotopic (exact) mass is 331 g/mol. The SMILES string of the molecule is CSc1ccccc1SC(c1ccccc1)[C@@H]1CNCCO1. The van der Waals surface area contributed by atoms with E-state index in [0.29, 0.717) is 5.25 Å². The van der Waals surface area contributed by atoms with Crippen molar-refractivity contribution in [3.05, 3.63) is 60.2 Å². The molecule has 2 nitrogen and oxygen atoms in total. The van der Waals surface area contributed by atoms with Crippen LogP contribution in [0.2, 0.25) is 0 Å². The molecule has 116 valence electrons. The van der Waals surface area contributed by atoms with Gasteiger partial charge < -0.3 is 10.1 Å². The molecule has 0 aliphatic carbocycles. The number of thioether (sulfide) groups is 2. The second-order valence-electron chi connectivity index (χ2n) is 5.21. The third-order valence-corrected chi connectivity index (χ3v) is 6.11. The summed E-state index contributed by atoms with van der Waals surface area (Å²) in [4.78, 5) is 2.66. The molecular weight excluding hydrogens is 310 g/mol. The Hall–Kier alpha value is -0.940. The van der Waals surface area contributed by atoms with E-state index in [-0.39, 0.29) is 6.10 Å². The van der Waals surface area contributed by atoms with E-state index in [1.165, 1.54) is 15.4 Å². The highest BCUT2D eigenvalue weighted by Gasteiger charge is 2.27. The van der Waals surface area contributed by atoms with Crippen molar-refractivity contribution in [1.82, 2.24) is 5.32 Å². The van der Waals surface area contributed by atoms with Crippen LogP contribution in [0.5, 0.6) is 0 Å². The van der Waals surface area contributed by atoms with Crippen molar-refractivity contribution in [3.8, 4) is 0 Å². The van der Waals surface area contributed by atoms with Crippen molar-refractivity contribution in [2.24, 2.45) is 0 Å². The molecule has 1 aliphatic rings. The van der Waals surface area contributed by atoms with Crippen LogP contribution in [0.1, 0.15) is 10.8 Å². The van der Waals surface area contributed by atoms with Gasteiger partial charge in [-0.1, -0.05) is 42.5 Å². The van der Waals surface area contributed by atoms with Gasteiger partial charge in [-0.3, -0.25) is 0 Å². The first-order valence-corrected chi connectivity index (χ1v) is 9.66. The molecule has 0 amide bonds. The Labute approximate surface area is 141 Å². The molecule has 1 heterocycles. The Balaban J connectivity index is 1.88. The van der Waals surface area contributed by atoms with E-state index in [9.17, 15) is 0 Å². The molecule has 2 aromatic carbocycles. The molecule has 0 radical (unpaired) electrons. The first kappa shape index (κ1) is 15.9. The zero-order valence-electron chi connectivity index (χ0n) is 12.7. The van der Waals surface area contributed by atoms with Crippen molar-refractivity contribution in [2.45, 2.75) is 21.1 Å². The van der Waals surface area contributed by atoms with E-state index in [0.717, 1.165) is 19.7 Å². The smallest absolute Gasteiger partial charge is 0.0862 e. The highest BCUT2D eigenvalue weighted by Crippen LogP contribution is 2.42. The highest BCUT2D eigenvalue weighted by atomic mass is 32.2. The predicted octanol–water partition coefficient (Wildman–Crippen LogP) is 4.23. The number of rotatable bonds is 5. The fraction of sp³-hybridized carbons (Fsp3) is 0.333. The standard InChI is InChI=1S/C18H21NOS2/c1-21-16-9-5-6-10-17(16)22-18(14-7-3-2-4-8-14)15-13-19-11-12-20-15/h2-10,15,18-19H,11-13H2,1H3/t15-,18?/m0/s1. The van der Waals surface area contributed by atoms with Crippen molar-refractivity contribution >= 4 is 23.5 Å². The number of morpholine rings is 1. The van der Waals surface area contributed by atoms with Crippen molar-refractivity contribution in [2.75, 3.05) is 26.0 Å². The van der Waals surface area contributed by atoms with Gasteiger partial charge in [0.2, 0.25) is 0 Å². The Morgan fingerprint density at radius 3 is 2.45 bits per heavy atom. The lowest BCUT2D eigenvalue weighted by molar-refractivity contribution is 0.0273. The number of benzene rings is 2. The summed E-state index contributed by atoms with van der Waals surface area (Å²) in [7, 11) is 0. The molecule has 1 aliphatic heterocycles. The second kappa shape index (κ2) is 8.06. The van der Waals surface area contributed by atoms with Gasteiger partial charge in [0.05, 0.1) is 18.0 Å². The van der Waals surface area contributed by atoms with E-state index in [4.69, 9.17) is 4.74 Å². The normalized spacial score (nSPS) is 19.8. The minimum absolute atomic E-state index is 0.205. The molecule has 0 bridgehead atoms. The molecule has 22 heavy (non-hydrogen) atoms.